The lowest BCUT2D eigenvalue weighted by Gasteiger charge is -2.59. The standard InChI is InChI=1S/C21H28FNO/c1-14(21-11-15-8-16(12-21)10-17(9-15)13-21)23-20(24)7-6-18-4-2-3-5-19(18)22/h2-5,14-17H,6-13H2,1H3,(H,23,24)/t14-,15?,16?,17?,21?/m1/s1. The molecular formula is C21H28FNO. The molecule has 0 unspecified atom stereocenters. The van der Waals surface area contributed by atoms with Gasteiger partial charge in [-0.25, -0.2) is 4.39 Å². The number of carbonyl (C=O) groups excluding carboxylic acids is 1. The van der Waals surface area contributed by atoms with Crippen LogP contribution in [0.5, 0.6) is 0 Å². The van der Waals surface area contributed by atoms with E-state index in [4.69, 9.17) is 0 Å². The van der Waals surface area contributed by atoms with E-state index in [9.17, 15) is 9.18 Å². The smallest absolute Gasteiger partial charge is 0.220 e. The minimum atomic E-state index is -0.209. The highest BCUT2D eigenvalue weighted by molar-refractivity contribution is 5.76. The van der Waals surface area contributed by atoms with E-state index in [1.54, 1.807) is 12.1 Å². The number of halogens is 1. The second kappa shape index (κ2) is 6.16. The number of hydrogen-bond donors (Lipinski definition) is 1. The van der Waals surface area contributed by atoms with Gasteiger partial charge in [-0.2, -0.15) is 0 Å². The Morgan fingerprint density at radius 3 is 2.33 bits per heavy atom. The average molecular weight is 329 g/mol. The molecule has 3 heteroatoms. The van der Waals surface area contributed by atoms with Gasteiger partial charge in [0.1, 0.15) is 5.82 Å². The van der Waals surface area contributed by atoms with Gasteiger partial charge in [-0.15, -0.1) is 0 Å². The Morgan fingerprint density at radius 1 is 1.17 bits per heavy atom. The number of benzene rings is 1. The number of carbonyl (C=O) groups is 1. The van der Waals surface area contributed by atoms with Crippen LogP contribution in [0.1, 0.15) is 57.4 Å². The zero-order valence-corrected chi connectivity index (χ0v) is 14.6. The van der Waals surface area contributed by atoms with Gasteiger partial charge < -0.3 is 5.32 Å². The van der Waals surface area contributed by atoms with Gasteiger partial charge in [-0.3, -0.25) is 4.79 Å². The highest BCUT2D eigenvalue weighted by atomic mass is 19.1. The molecule has 0 saturated heterocycles. The molecule has 0 aromatic heterocycles. The molecule has 5 rings (SSSR count). The Bertz CT molecular complexity index is 591. The molecule has 0 aliphatic heterocycles. The Morgan fingerprint density at radius 2 is 1.75 bits per heavy atom. The average Bonchev–Trinajstić information content (AvgIpc) is 2.53. The molecule has 24 heavy (non-hydrogen) atoms. The summed E-state index contributed by atoms with van der Waals surface area (Å²) in [6, 6.07) is 7.00. The highest BCUT2D eigenvalue weighted by Crippen LogP contribution is 2.61. The molecule has 130 valence electrons. The second-order valence-corrected chi connectivity index (χ2v) is 8.66. The molecule has 4 bridgehead atoms. The Balaban J connectivity index is 1.35. The van der Waals surface area contributed by atoms with Crippen molar-refractivity contribution in [3.05, 3.63) is 35.6 Å². The topological polar surface area (TPSA) is 29.1 Å². The normalized spacial score (nSPS) is 35.0. The van der Waals surface area contributed by atoms with E-state index in [-0.39, 0.29) is 17.8 Å². The molecule has 4 saturated carbocycles. The summed E-state index contributed by atoms with van der Waals surface area (Å²) in [6.07, 6.45) is 9.02. The van der Waals surface area contributed by atoms with E-state index in [1.165, 1.54) is 44.6 Å². The Hall–Kier alpha value is -1.38. The third-order valence-electron chi connectivity index (χ3n) is 6.96. The minimum Gasteiger partial charge on any atom is -0.353 e. The fraction of sp³-hybridized carbons (Fsp3) is 0.667. The number of hydrogen-bond acceptors (Lipinski definition) is 1. The summed E-state index contributed by atoms with van der Waals surface area (Å²) in [7, 11) is 0. The molecule has 0 spiro atoms. The van der Waals surface area contributed by atoms with Crippen LogP contribution in [0, 0.1) is 29.0 Å². The zero-order chi connectivity index (χ0) is 16.7. The van der Waals surface area contributed by atoms with Crippen LogP contribution in [0.2, 0.25) is 0 Å². The predicted molar refractivity (Wildman–Crippen MR) is 92.9 cm³/mol. The number of rotatable bonds is 5. The lowest BCUT2D eigenvalue weighted by Crippen LogP contribution is -2.55. The molecule has 1 amide bonds. The molecule has 4 aliphatic rings. The minimum absolute atomic E-state index is 0.0708. The first-order chi connectivity index (χ1) is 11.5. The van der Waals surface area contributed by atoms with Gasteiger partial charge in [0.15, 0.2) is 0 Å². The predicted octanol–water partition coefficient (Wildman–Crippen LogP) is 4.48. The van der Waals surface area contributed by atoms with Crippen LogP contribution in [0.3, 0.4) is 0 Å². The van der Waals surface area contributed by atoms with Crippen molar-refractivity contribution < 1.29 is 9.18 Å². The number of aryl methyl sites for hydroxylation is 1. The molecule has 1 N–H and O–H groups in total. The molecule has 4 fully saturated rings. The fourth-order valence-electron chi connectivity index (χ4n) is 6.12. The van der Waals surface area contributed by atoms with Gasteiger partial charge >= 0.3 is 0 Å². The van der Waals surface area contributed by atoms with Crippen molar-refractivity contribution in [2.45, 2.75) is 64.3 Å². The molecule has 0 heterocycles. The molecule has 1 aromatic carbocycles. The summed E-state index contributed by atoms with van der Waals surface area (Å²) in [4.78, 5) is 12.4. The number of amides is 1. The van der Waals surface area contributed by atoms with Crippen LogP contribution >= 0.6 is 0 Å². The summed E-state index contributed by atoms with van der Waals surface area (Å²) in [5, 5.41) is 3.27. The van der Waals surface area contributed by atoms with Crippen LogP contribution in [-0.2, 0) is 11.2 Å². The van der Waals surface area contributed by atoms with E-state index in [1.807, 2.05) is 6.07 Å². The molecule has 0 radical (unpaired) electrons. The maximum atomic E-state index is 13.7. The van der Waals surface area contributed by atoms with Gasteiger partial charge in [0.05, 0.1) is 0 Å². The molecule has 4 aliphatic carbocycles. The molecule has 1 atom stereocenters. The quantitative estimate of drug-likeness (QED) is 0.848. The first-order valence-corrected chi connectivity index (χ1v) is 9.57. The van der Waals surface area contributed by atoms with Crippen LogP contribution in [0.25, 0.3) is 0 Å². The van der Waals surface area contributed by atoms with Gasteiger partial charge in [-0.05, 0) is 86.7 Å². The second-order valence-electron chi connectivity index (χ2n) is 8.66. The van der Waals surface area contributed by atoms with Crippen LogP contribution in [-0.4, -0.2) is 11.9 Å². The highest BCUT2D eigenvalue weighted by Gasteiger charge is 2.53. The monoisotopic (exact) mass is 329 g/mol. The van der Waals surface area contributed by atoms with Crippen molar-refractivity contribution in [2.75, 3.05) is 0 Å². The van der Waals surface area contributed by atoms with Crippen molar-refractivity contribution in [3.63, 3.8) is 0 Å². The van der Waals surface area contributed by atoms with Crippen molar-refractivity contribution in [3.8, 4) is 0 Å². The number of nitrogens with one attached hydrogen (secondary N) is 1. The van der Waals surface area contributed by atoms with E-state index < -0.39 is 0 Å². The first kappa shape index (κ1) is 16.1. The van der Waals surface area contributed by atoms with E-state index in [2.05, 4.69) is 12.2 Å². The first-order valence-electron chi connectivity index (χ1n) is 9.57. The lowest BCUT2D eigenvalue weighted by atomic mass is 9.48. The van der Waals surface area contributed by atoms with Crippen molar-refractivity contribution in [1.29, 1.82) is 0 Å². The largest absolute Gasteiger partial charge is 0.353 e. The maximum absolute atomic E-state index is 13.7. The summed E-state index contributed by atoms with van der Waals surface area (Å²) >= 11 is 0. The summed E-state index contributed by atoms with van der Waals surface area (Å²) in [5.41, 5.74) is 0.970. The van der Waals surface area contributed by atoms with E-state index in [0.717, 1.165) is 17.8 Å². The summed E-state index contributed by atoms with van der Waals surface area (Å²) in [5.74, 6) is 2.55. The third-order valence-corrected chi connectivity index (χ3v) is 6.96. The van der Waals surface area contributed by atoms with Crippen molar-refractivity contribution in [1.82, 2.24) is 5.32 Å². The molecule has 1 aromatic rings. The summed E-state index contributed by atoms with van der Waals surface area (Å²) < 4.78 is 13.7. The zero-order valence-electron chi connectivity index (χ0n) is 14.6. The Kier molecular flexibility index (Phi) is 4.14. The Labute approximate surface area is 144 Å². The van der Waals surface area contributed by atoms with Crippen LogP contribution in [0.15, 0.2) is 24.3 Å². The lowest BCUT2D eigenvalue weighted by molar-refractivity contribution is -0.125. The van der Waals surface area contributed by atoms with Gasteiger partial charge in [0.2, 0.25) is 5.91 Å². The van der Waals surface area contributed by atoms with Crippen LogP contribution < -0.4 is 5.32 Å². The molecule has 2 nitrogen and oxygen atoms in total. The van der Waals surface area contributed by atoms with Crippen molar-refractivity contribution >= 4 is 5.91 Å². The fourth-order valence-corrected chi connectivity index (χ4v) is 6.12. The molecular weight excluding hydrogens is 301 g/mol. The van der Waals surface area contributed by atoms with Crippen LogP contribution in [0.4, 0.5) is 4.39 Å². The van der Waals surface area contributed by atoms with Crippen molar-refractivity contribution in [2.24, 2.45) is 23.2 Å². The third kappa shape index (κ3) is 2.98. The summed E-state index contributed by atoms with van der Waals surface area (Å²) in [6.45, 7) is 2.20. The van der Waals surface area contributed by atoms with Gasteiger partial charge in [0, 0.05) is 12.5 Å². The SMILES string of the molecule is C[C@@H](NC(=O)CCc1ccccc1F)C12CC3CC(CC(C3)C1)C2. The van der Waals surface area contributed by atoms with Gasteiger partial charge in [-0.1, -0.05) is 18.2 Å². The van der Waals surface area contributed by atoms with Gasteiger partial charge in [0.25, 0.3) is 0 Å². The maximum Gasteiger partial charge on any atom is 0.220 e. The van der Waals surface area contributed by atoms with E-state index >= 15 is 0 Å². The van der Waals surface area contributed by atoms with E-state index in [0.29, 0.717) is 23.8 Å².